The minimum absolute atomic E-state index is 0.0269. The van der Waals surface area contributed by atoms with Gasteiger partial charge in [-0.15, -0.1) is 11.3 Å². The van der Waals surface area contributed by atoms with E-state index in [2.05, 4.69) is 17.4 Å². The largest absolute Gasteiger partial charge is 0.386 e. The fourth-order valence-corrected chi connectivity index (χ4v) is 3.35. The Hall–Kier alpha value is -0.870. The minimum atomic E-state index is -0.531. The molecule has 0 spiro atoms. The SMILES string of the molecule is OC(c1ccc(Cl)s1)C1NCc2ccccc21. The van der Waals surface area contributed by atoms with E-state index < -0.39 is 6.10 Å². The second kappa shape index (κ2) is 4.42. The minimum Gasteiger partial charge on any atom is -0.386 e. The first-order valence-electron chi connectivity index (χ1n) is 5.50. The third-order valence-electron chi connectivity index (χ3n) is 3.10. The molecule has 0 fully saturated rings. The number of aliphatic hydroxyl groups is 1. The molecule has 17 heavy (non-hydrogen) atoms. The highest BCUT2D eigenvalue weighted by atomic mass is 35.5. The molecular weight excluding hydrogens is 254 g/mol. The van der Waals surface area contributed by atoms with E-state index in [1.807, 2.05) is 24.3 Å². The van der Waals surface area contributed by atoms with Gasteiger partial charge in [-0.1, -0.05) is 35.9 Å². The zero-order valence-electron chi connectivity index (χ0n) is 9.06. The van der Waals surface area contributed by atoms with Crippen molar-refractivity contribution in [2.75, 3.05) is 0 Å². The molecule has 2 heterocycles. The van der Waals surface area contributed by atoms with Gasteiger partial charge in [0.15, 0.2) is 0 Å². The van der Waals surface area contributed by atoms with Crippen molar-refractivity contribution in [3.8, 4) is 0 Å². The van der Waals surface area contributed by atoms with Crippen molar-refractivity contribution in [3.05, 3.63) is 56.7 Å². The molecule has 1 aromatic heterocycles. The predicted octanol–water partition coefficient (Wildman–Crippen LogP) is 3.28. The van der Waals surface area contributed by atoms with Crippen molar-refractivity contribution in [2.24, 2.45) is 0 Å². The molecule has 0 saturated heterocycles. The van der Waals surface area contributed by atoms with E-state index in [1.165, 1.54) is 22.5 Å². The standard InChI is InChI=1S/C13H12ClNOS/c14-11-6-5-10(17-11)13(16)12-9-4-2-1-3-8(9)7-15-12/h1-6,12-13,15-16H,7H2. The first-order valence-corrected chi connectivity index (χ1v) is 6.69. The number of hydrogen-bond acceptors (Lipinski definition) is 3. The number of hydrogen-bond donors (Lipinski definition) is 2. The Labute approximate surface area is 109 Å². The second-order valence-electron chi connectivity index (χ2n) is 4.14. The van der Waals surface area contributed by atoms with E-state index in [-0.39, 0.29) is 6.04 Å². The highest BCUT2D eigenvalue weighted by Gasteiger charge is 2.29. The highest BCUT2D eigenvalue weighted by molar-refractivity contribution is 7.16. The van der Waals surface area contributed by atoms with Crippen LogP contribution >= 0.6 is 22.9 Å². The quantitative estimate of drug-likeness (QED) is 0.873. The zero-order chi connectivity index (χ0) is 11.8. The van der Waals surface area contributed by atoms with E-state index in [9.17, 15) is 5.11 Å². The smallest absolute Gasteiger partial charge is 0.108 e. The predicted molar refractivity (Wildman–Crippen MR) is 70.3 cm³/mol. The Morgan fingerprint density at radius 3 is 2.88 bits per heavy atom. The number of nitrogens with one attached hydrogen (secondary N) is 1. The van der Waals surface area contributed by atoms with Crippen LogP contribution in [0.2, 0.25) is 4.34 Å². The number of halogens is 1. The third-order valence-corrected chi connectivity index (χ3v) is 4.41. The Morgan fingerprint density at radius 1 is 1.29 bits per heavy atom. The first kappa shape index (κ1) is 11.2. The average Bonchev–Trinajstić information content (AvgIpc) is 2.94. The lowest BCUT2D eigenvalue weighted by molar-refractivity contribution is 0.137. The average molecular weight is 266 g/mol. The van der Waals surface area contributed by atoms with E-state index in [1.54, 1.807) is 0 Å². The number of aliphatic hydroxyl groups excluding tert-OH is 1. The maximum Gasteiger partial charge on any atom is 0.108 e. The lowest BCUT2D eigenvalue weighted by Crippen LogP contribution is -2.19. The van der Waals surface area contributed by atoms with Crippen molar-refractivity contribution < 1.29 is 5.11 Å². The van der Waals surface area contributed by atoms with Crippen LogP contribution in [0.25, 0.3) is 0 Å². The Bertz CT molecular complexity index is 540. The summed E-state index contributed by atoms with van der Waals surface area (Å²) in [5.41, 5.74) is 2.45. The summed E-state index contributed by atoms with van der Waals surface area (Å²) < 4.78 is 0.713. The second-order valence-corrected chi connectivity index (χ2v) is 5.89. The highest BCUT2D eigenvalue weighted by Crippen LogP contribution is 2.38. The van der Waals surface area contributed by atoms with Gasteiger partial charge in [-0.2, -0.15) is 0 Å². The summed E-state index contributed by atoms with van der Waals surface area (Å²) in [5, 5.41) is 13.7. The summed E-state index contributed by atoms with van der Waals surface area (Å²) in [4.78, 5) is 0.907. The van der Waals surface area contributed by atoms with Crippen LogP contribution in [0.1, 0.15) is 28.1 Å². The van der Waals surface area contributed by atoms with E-state index in [0.717, 1.165) is 11.4 Å². The van der Waals surface area contributed by atoms with Crippen LogP contribution in [0.15, 0.2) is 36.4 Å². The summed E-state index contributed by atoms with van der Waals surface area (Å²) >= 11 is 7.33. The molecule has 0 aliphatic carbocycles. The fraction of sp³-hybridized carbons (Fsp3) is 0.231. The van der Waals surface area contributed by atoms with Gasteiger partial charge in [0.05, 0.1) is 10.4 Å². The van der Waals surface area contributed by atoms with Crippen molar-refractivity contribution in [2.45, 2.75) is 18.7 Å². The van der Waals surface area contributed by atoms with E-state index in [0.29, 0.717) is 4.34 Å². The van der Waals surface area contributed by atoms with Crippen molar-refractivity contribution >= 4 is 22.9 Å². The van der Waals surface area contributed by atoms with E-state index >= 15 is 0 Å². The summed E-state index contributed by atoms with van der Waals surface area (Å²) in [6, 6.07) is 11.9. The van der Waals surface area contributed by atoms with Crippen LogP contribution in [-0.2, 0) is 6.54 Å². The zero-order valence-corrected chi connectivity index (χ0v) is 10.6. The molecule has 1 aliphatic rings. The maximum atomic E-state index is 10.4. The lowest BCUT2D eigenvalue weighted by atomic mass is 10.00. The van der Waals surface area contributed by atoms with Gasteiger partial charge in [0.25, 0.3) is 0 Å². The third kappa shape index (κ3) is 2.00. The summed E-state index contributed by atoms with van der Waals surface area (Å²) in [7, 11) is 0. The molecule has 88 valence electrons. The van der Waals surface area contributed by atoms with Gasteiger partial charge < -0.3 is 10.4 Å². The maximum absolute atomic E-state index is 10.4. The molecule has 2 unspecified atom stereocenters. The number of fused-ring (bicyclic) bond motifs is 1. The topological polar surface area (TPSA) is 32.3 Å². The normalized spacial score (nSPS) is 20.2. The van der Waals surface area contributed by atoms with Gasteiger partial charge >= 0.3 is 0 Å². The summed E-state index contributed by atoms with van der Waals surface area (Å²) in [6.45, 7) is 0.816. The van der Waals surface area contributed by atoms with Gasteiger partial charge in [-0.25, -0.2) is 0 Å². The molecule has 2 nitrogen and oxygen atoms in total. The van der Waals surface area contributed by atoms with Crippen LogP contribution in [0.4, 0.5) is 0 Å². The van der Waals surface area contributed by atoms with Gasteiger partial charge in [-0.05, 0) is 23.3 Å². The monoisotopic (exact) mass is 265 g/mol. The molecule has 3 rings (SSSR count). The molecule has 2 N–H and O–H groups in total. The molecule has 1 aromatic carbocycles. The van der Waals surface area contributed by atoms with Crippen molar-refractivity contribution in [1.29, 1.82) is 0 Å². The van der Waals surface area contributed by atoms with Gasteiger partial charge in [-0.3, -0.25) is 0 Å². The Balaban J connectivity index is 1.92. The fourth-order valence-electron chi connectivity index (χ4n) is 2.26. The Morgan fingerprint density at radius 2 is 2.12 bits per heavy atom. The number of benzene rings is 1. The lowest BCUT2D eigenvalue weighted by Gasteiger charge is -2.18. The summed E-state index contributed by atoms with van der Waals surface area (Å²) in [6.07, 6.45) is -0.531. The number of thiophene rings is 1. The van der Waals surface area contributed by atoms with Gasteiger partial charge in [0.2, 0.25) is 0 Å². The summed E-state index contributed by atoms with van der Waals surface area (Å²) in [5.74, 6) is 0. The first-order chi connectivity index (χ1) is 8.25. The van der Waals surface area contributed by atoms with Crippen molar-refractivity contribution in [3.63, 3.8) is 0 Å². The number of rotatable bonds is 2. The van der Waals surface area contributed by atoms with E-state index in [4.69, 9.17) is 11.6 Å². The van der Waals surface area contributed by atoms with Crippen LogP contribution < -0.4 is 5.32 Å². The molecule has 0 saturated carbocycles. The molecule has 1 aliphatic heterocycles. The molecule has 0 bridgehead atoms. The Kier molecular flexibility index (Phi) is 2.92. The molecule has 2 aromatic rings. The van der Waals surface area contributed by atoms with Gasteiger partial charge in [0.1, 0.15) is 6.10 Å². The van der Waals surface area contributed by atoms with Crippen LogP contribution in [0.3, 0.4) is 0 Å². The molecule has 0 amide bonds. The molecule has 0 radical (unpaired) electrons. The molecule has 4 heteroatoms. The van der Waals surface area contributed by atoms with Crippen LogP contribution in [0, 0.1) is 0 Å². The van der Waals surface area contributed by atoms with Gasteiger partial charge in [0, 0.05) is 11.4 Å². The molecular formula is C13H12ClNOS. The van der Waals surface area contributed by atoms with Crippen LogP contribution in [-0.4, -0.2) is 5.11 Å². The van der Waals surface area contributed by atoms with Crippen LogP contribution in [0.5, 0.6) is 0 Å². The van der Waals surface area contributed by atoms with Crippen molar-refractivity contribution in [1.82, 2.24) is 5.32 Å². The molecule has 2 atom stereocenters.